The van der Waals surface area contributed by atoms with Crippen LogP contribution in [0.15, 0.2) is 249 Å². The molecule has 0 atom stereocenters. The predicted octanol–water partition coefficient (Wildman–Crippen LogP) is 21.3. The van der Waals surface area contributed by atoms with Gasteiger partial charge in [0.2, 0.25) is 0 Å². The van der Waals surface area contributed by atoms with Gasteiger partial charge in [-0.3, -0.25) is 9.55 Å². The van der Waals surface area contributed by atoms with Gasteiger partial charge in [0.25, 0.3) is 0 Å². The molecule has 0 aliphatic rings. The molecule has 17 rings (SSSR count). The van der Waals surface area contributed by atoms with Crippen molar-refractivity contribution in [2.24, 2.45) is 0 Å². The molecule has 0 spiro atoms. The largest absolute Gasteiger partial charge is 0.309 e. The molecule has 0 amide bonds. The average Bonchev–Trinajstić information content (AvgIpc) is 1.18. The molecule has 0 radical (unpaired) electrons. The number of rotatable bonds is 8. The molecule has 6 aromatic heterocycles. The first-order valence-corrected chi connectivity index (χ1v) is 30.8. The maximum atomic E-state index is 12.5. The van der Waals surface area contributed by atoms with Gasteiger partial charge in [-0.05, 0) is 209 Å². The normalized spacial score (nSPS) is 11.9. The van der Waals surface area contributed by atoms with Crippen molar-refractivity contribution in [1.82, 2.24) is 28.2 Å². The minimum Gasteiger partial charge on any atom is -0.309 e. The number of hydrogen-bond donors (Lipinski definition) is 0. The number of nitriles is 1. The average molecular weight is 1150 g/mol. The van der Waals surface area contributed by atoms with E-state index in [2.05, 4.69) is 295 Å². The van der Waals surface area contributed by atoms with Crippen molar-refractivity contribution in [3.8, 4) is 73.3 Å². The van der Waals surface area contributed by atoms with Crippen LogP contribution in [0.5, 0.6) is 0 Å². The van der Waals surface area contributed by atoms with Crippen molar-refractivity contribution in [3.05, 3.63) is 288 Å². The Balaban J connectivity index is 0.993. The Morgan fingerprint density at radius 3 is 1.02 bits per heavy atom. The lowest BCUT2D eigenvalue weighted by atomic mass is 9.79. The van der Waals surface area contributed by atoms with Gasteiger partial charge >= 0.3 is 0 Å². The van der Waals surface area contributed by atoms with E-state index in [0.717, 1.165) is 122 Å². The smallest absolute Gasteiger partial charge is 0.145 e. The van der Waals surface area contributed by atoms with Crippen molar-refractivity contribution in [1.29, 1.82) is 5.26 Å². The summed E-state index contributed by atoms with van der Waals surface area (Å²) in [6.45, 7) is 13.0. The fraction of sp³-hybridized carbons (Fsp3) is 0.0723. The monoisotopic (exact) mass is 1150 g/mol. The number of aromatic nitrogens is 6. The van der Waals surface area contributed by atoms with Crippen LogP contribution in [0.2, 0.25) is 0 Å². The molecule has 0 aliphatic carbocycles. The van der Waals surface area contributed by atoms with Crippen LogP contribution in [-0.4, -0.2) is 28.2 Å². The summed E-state index contributed by atoms with van der Waals surface area (Å²) in [4.78, 5) is 9.87. The Hall–Kier alpha value is -11.6. The van der Waals surface area contributed by atoms with Crippen molar-refractivity contribution < 1.29 is 0 Å². The third kappa shape index (κ3) is 8.04. The lowest BCUT2D eigenvalue weighted by Gasteiger charge is -2.27. The number of para-hydroxylation sites is 1. The lowest BCUT2D eigenvalue weighted by Crippen LogP contribution is -2.08. The van der Waals surface area contributed by atoms with Gasteiger partial charge in [0.1, 0.15) is 11.7 Å². The van der Waals surface area contributed by atoms with E-state index in [1.165, 1.54) is 65.7 Å². The summed E-state index contributed by atoms with van der Waals surface area (Å²) in [6, 6.07) is 87.4. The van der Waals surface area contributed by atoms with E-state index in [-0.39, 0.29) is 0 Å². The summed E-state index contributed by atoms with van der Waals surface area (Å²) in [5.41, 5.74) is 27.6. The highest BCUT2D eigenvalue weighted by atomic mass is 15.1. The van der Waals surface area contributed by atoms with E-state index >= 15 is 0 Å². The van der Waals surface area contributed by atoms with Gasteiger partial charge in [-0.2, -0.15) is 5.26 Å². The van der Waals surface area contributed by atoms with E-state index in [9.17, 15) is 5.26 Å². The molecular formula is C83H59N7. The molecule has 426 valence electrons. The summed E-state index contributed by atoms with van der Waals surface area (Å²) in [6.07, 6.45) is 5.60. The van der Waals surface area contributed by atoms with Crippen LogP contribution in [-0.2, 0) is 0 Å². The molecule has 7 nitrogen and oxygen atoms in total. The highest BCUT2D eigenvalue weighted by molar-refractivity contribution is 6.15. The van der Waals surface area contributed by atoms with Gasteiger partial charge in [-0.15, -0.1) is 0 Å². The molecule has 0 N–H and O–H groups in total. The van der Waals surface area contributed by atoms with Gasteiger partial charge in [-0.1, -0.05) is 124 Å². The van der Waals surface area contributed by atoms with Crippen LogP contribution in [0.3, 0.4) is 0 Å². The predicted molar refractivity (Wildman–Crippen MR) is 374 cm³/mol. The van der Waals surface area contributed by atoms with Gasteiger partial charge in [-0.25, -0.2) is 4.98 Å². The van der Waals surface area contributed by atoms with Crippen LogP contribution in [0.4, 0.5) is 0 Å². The second-order valence-electron chi connectivity index (χ2n) is 24.6. The molecule has 7 heteroatoms. The topological polar surface area (TPSA) is 69.3 Å². The molecule has 0 bridgehead atoms. The Morgan fingerprint density at radius 2 is 0.622 bits per heavy atom. The van der Waals surface area contributed by atoms with Crippen molar-refractivity contribution in [2.45, 2.75) is 41.5 Å². The molecule has 6 heterocycles. The summed E-state index contributed by atoms with van der Waals surface area (Å²) in [5.74, 6) is 0. The number of hydrogen-bond acceptors (Lipinski definition) is 3. The van der Waals surface area contributed by atoms with Crippen molar-refractivity contribution in [3.63, 3.8) is 0 Å². The Morgan fingerprint density at radius 1 is 0.289 bits per heavy atom. The SMILES string of the molecule is Cc1ccc2c(c1)c1cc(C)ccc1n2-c1ccc(-c2c(C#N)c(-n3c4ccccc4c4cccnc43)c(-c3ccc(-n4c5ccc(C)cc5c5cc(C)ccc54)cc3)c(-c3ccc(-n4c5ccc(C)cc5c5cc(C)ccc54)cc3)c2-c2ccncc2)cc1. The molecule has 0 aliphatic heterocycles. The first-order valence-electron chi connectivity index (χ1n) is 30.8. The van der Waals surface area contributed by atoms with Crippen molar-refractivity contribution >= 4 is 87.4 Å². The zero-order valence-electron chi connectivity index (χ0n) is 50.8. The van der Waals surface area contributed by atoms with Gasteiger partial charge in [0, 0.05) is 95.4 Å². The van der Waals surface area contributed by atoms with Crippen LogP contribution in [0.25, 0.3) is 155 Å². The lowest BCUT2D eigenvalue weighted by molar-refractivity contribution is 1.13. The first-order chi connectivity index (χ1) is 44.1. The standard InChI is InChI=1S/C83H59N7/c1-49-13-31-72-64(42-49)65-43-50(2)14-32-73(65)87(72)59-25-19-55(20-26-59)78-70(48-84)82(90-71-12-8-7-10-62(71)63-11-9-39-86-83(63)90)81(57-23-29-61(30-24-57)89-76-35-17-53(5)46-68(76)69-47-54(6)18-36-77(69)89)80(79(78)58-37-40-85-41-38-58)56-21-27-60(28-22-56)88-74-33-15-51(3)44-66(74)67-45-52(4)16-34-75(67)88/h7-47H,1-6H3. The fourth-order valence-corrected chi connectivity index (χ4v) is 14.7. The number of nitrogens with zero attached hydrogens (tertiary/aromatic N) is 7. The zero-order valence-corrected chi connectivity index (χ0v) is 50.8. The molecular weight excluding hydrogens is 1090 g/mol. The number of fused-ring (bicyclic) bond motifs is 12. The zero-order chi connectivity index (χ0) is 60.6. The van der Waals surface area contributed by atoms with Gasteiger partial charge < -0.3 is 13.7 Å². The molecule has 0 saturated heterocycles. The van der Waals surface area contributed by atoms with Crippen LogP contribution in [0.1, 0.15) is 38.9 Å². The van der Waals surface area contributed by atoms with E-state index in [1.807, 2.05) is 24.7 Å². The first kappa shape index (κ1) is 52.7. The fourth-order valence-electron chi connectivity index (χ4n) is 14.7. The summed E-state index contributed by atoms with van der Waals surface area (Å²) in [5, 5.41) is 21.9. The van der Waals surface area contributed by atoms with Crippen LogP contribution < -0.4 is 0 Å². The minimum absolute atomic E-state index is 0.522. The Labute approximate surface area is 520 Å². The molecule has 17 aromatic rings. The van der Waals surface area contributed by atoms with Crippen LogP contribution in [0, 0.1) is 52.9 Å². The second kappa shape index (κ2) is 20.2. The third-order valence-corrected chi connectivity index (χ3v) is 18.7. The second-order valence-corrected chi connectivity index (χ2v) is 24.6. The van der Waals surface area contributed by atoms with Gasteiger partial charge in [0.15, 0.2) is 0 Å². The molecule has 0 saturated carbocycles. The van der Waals surface area contributed by atoms with E-state index < -0.39 is 0 Å². The van der Waals surface area contributed by atoms with Crippen molar-refractivity contribution in [2.75, 3.05) is 0 Å². The molecule has 0 unspecified atom stereocenters. The highest BCUT2D eigenvalue weighted by Gasteiger charge is 2.31. The maximum Gasteiger partial charge on any atom is 0.145 e. The van der Waals surface area contributed by atoms with E-state index in [1.54, 1.807) is 0 Å². The Bertz CT molecular complexity index is 5650. The Kier molecular flexibility index (Phi) is 11.9. The number of aryl methyl sites for hydroxylation is 6. The molecule has 90 heavy (non-hydrogen) atoms. The summed E-state index contributed by atoms with van der Waals surface area (Å²) >= 11 is 0. The minimum atomic E-state index is 0.522. The van der Waals surface area contributed by atoms with E-state index in [0.29, 0.717) is 5.56 Å². The summed E-state index contributed by atoms with van der Waals surface area (Å²) in [7, 11) is 0. The van der Waals surface area contributed by atoms with Gasteiger partial charge in [0.05, 0.1) is 49.9 Å². The number of benzene rings is 11. The third-order valence-electron chi connectivity index (χ3n) is 18.7. The highest BCUT2D eigenvalue weighted by Crippen LogP contribution is 2.53. The number of pyridine rings is 2. The molecule has 11 aromatic carbocycles. The maximum absolute atomic E-state index is 12.5. The van der Waals surface area contributed by atoms with E-state index in [4.69, 9.17) is 4.98 Å². The van der Waals surface area contributed by atoms with Crippen LogP contribution >= 0.6 is 0 Å². The quantitative estimate of drug-likeness (QED) is 0.152. The molecule has 0 fully saturated rings. The summed E-state index contributed by atoms with van der Waals surface area (Å²) < 4.78 is 9.42.